The number of hydrogen-bond donors (Lipinski definition) is 0. The van der Waals surface area contributed by atoms with E-state index in [0.29, 0.717) is 18.7 Å². The lowest BCUT2D eigenvalue weighted by atomic mass is 9.87. The number of anilines is 1. The summed E-state index contributed by atoms with van der Waals surface area (Å²) >= 11 is 0. The molecule has 0 bridgehead atoms. The molecule has 0 aromatic heterocycles. The van der Waals surface area contributed by atoms with Crippen LogP contribution in [0.1, 0.15) is 55.1 Å². The monoisotopic (exact) mass is 365 g/mol. The Hall–Kier alpha value is -2.62. The molecular formula is C23H27NO3. The highest BCUT2D eigenvalue weighted by Gasteiger charge is 2.35. The van der Waals surface area contributed by atoms with Crippen LogP contribution in [0.3, 0.4) is 0 Å². The van der Waals surface area contributed by atoms with Gasteiger partial charge in [0.25, 0.3) is 11.7 Å². The number of rotatable bonds is 6. The van der Waals surface area contributed by atoms with Crippen molar-refractivity contribution in [3.8, 4) is 5.75 Å². The van der Waals surface area contributed by atoms with Gasteiger partial charge in [-0.05, 0) is 55.0 Å². The lowest BCUT2D eigenvalue weighted by Crippen LogP contribution is -2.30. The summed E-state index contributed by atoms with van der Waals surface area (Å²) in [5.41, 5.74) is 3.65. The molecule has 27 heavy (non-hydrogen) atoms. The van der Waals surface area contributed by atoms with Crippen LogP contribution in [-0.2, 0) is 10.2 Å². The molecule has 142 valence electrons. The van der Waals surface area contributed by atoms with Crippen LogP contribution in [0.5, 0.6) is 5.75 Å². The van der Waals surface area contributed by atoms with E-state index in [-0.39, 0.29) is 5.41 Å². The Morgan fingerprint density at radius 1 is 0.963 bits per heavy atom. The molecule has 4 nitrogen and oxygen atoms in total. The minimum absolute atomic E-state index is 0.132. The molecule has 0 radical (unpaired) electrons. The van der Waals surface area contributed by atoms with Crippen LogP contribution in [0.4, 0.5) is 5.69 Å². The van der Waals surface area contributed by atoms with E-state index in [2.05, 4.69) is 32.9 Å². The maximum atomic E-state index is 12.2. The van der Waals surface area contributed by atoms with Crippen molar-refractivity contribution < 1.29 is 14.3 Å². The van der Waals surface area contributed by atoms with Gasteiger partial charge in [-0.2, -0.15) is 0 Å². The zero-order valence-electron chi connectivity index (χ0n) is 16.5. The minimum Gasteiger partial charge on any atom is -0.494 e. The van der Waals surface area contributed by atoms with Crippen molar-refractivity contribution in [1.82, 2.24) is 0 Å². The fourth-order valence-electron chi connectivity index (χ4n) is 3.25. The number of nitrogens with zero attached hydrogens (tertiary/aromatic N) is 1. The van der Waals surface area contributed by atoms with Crippen molar-refractivity contribution in [2.75, 3.05) is 18.1 Å². The normalized spacial score (nSPS) is 13.9. The lowest BCUT2D eigenvalue weighted by molar-refractivity contribution is -0.114. The highest BCUT2D eigenvalue weighted by molar-refractivity contribution is 6.52. The SMILES string of the molecule is Cc1ccc2c(c1)C(=O)C(=O)N2CCCCOc1ccc(C(C)(C)C)cc1. The number of amides is 1. The van der Waals surface area contributed by atoms with Crippen molar-refractivity contribution in [1.29, 1.82) is 0 Å². The van der Waals surface area contributed by atoms with Crippen LogP contribution in [0.15, 0.2) is 42.5 Å². The number of ether oxygens (including phenoxy) is 1. The fraction of sp³-hybridized carbons (Fsp3) is 0.391. The van der Waals surface area contributed by atoms with E-state index in [0.717, 1.165) is 29.8 Å². The maximum absolute atomic E-state index is 12.2. The molecule has 0 spiro atoms. The Kier molecular flexibility index (Phi) is 5.36. The number of carbonyl (C=O) groups excluding carboxylic acids is 2. The molecule has 0 atom stereocenters. The van der Waals surface area contributed by atoms with E-state index in [4.69, 9.17) is 4.74 Å². The number of unbranched alkanes of at least 4 members (excludes halogenated alkanes) is 1. The Morgan fingerprint density at radius 2 is 1.67 bits per heavy atom. The summed E-state index contributed by atoms with van der Waals surface area (Å²) in [6.45, 7) is 9.61. The van der Waals surface area contributed by atoms with Gasteiger partial charge in [-0.1, -0.05) is 44.5 Å². The van der Waals surface area contributed by atoms with Crippen LogP contribution >= 0.6 is 0 Å². The van der Waals surface area contributed by atoms with Gasteiger partial charge in [-0.25, -0.2) is 0 Å². The highest BCUT2D eigenvalue weighted by Crippen LogP contribution is 2.30. The molecule has 0 fully saturated rings. The number of Topliss-reactive ketones (excluding diaryl/α,β-unsaturated/α-hetero) is 1. The third-order valence-electron chi connectivity index (χ3n) is 4.89. The second-order valence-corrected chi connectivity index (χ2v) is 8.14. The molecule has 0 saturated heterocycles. The molecule has 2 aromatic carbocycles. The Morgan fingerprint density at radius 3 is 2.33 bits per heavy atom. The Labute approximate surface area is 161 Å². The molecule has 3 rings (SSSR count). The van der Waals surface area contributed by atoms with Crippen molar-refractivity contribution in [3.63, 3.8) is 0 Å². The minimum atomic E-state index is -0.422. The molecule has 4 heteroatoms. The van der Waals surface area contributed by atoms with E-state index in [1.165, 1.54) is 5.56 Å². The summed E-state index contributed by atoms with van der Waals surface area (Å²) in [4.78, 5) is 25.9. The largest absolute Gasteiger partial charge is 0.494 e. The van der Waals surface area contributed by atoms with E-state index >= 15 is 0 Å². The molecule has 0 unspecified atom stereocenters. The van der Waals surface area contributed by atoms with Crippen molar-refractivity contribution in [3.05, 3.63) is 59.2 Å². The average molecular weight is 365 g/mol. The summed E-state index contributed by atoms with van der Waals surface area (Å²) in [5.74, 6) is 0.0365. The number of benzene rings is 2. The van der Waals surface area contributed by atoms with Crippen molar-refractivity contribution in [2.45, 2.75) is 46.0 Å². The van der Waals surface area contributed by atoms with Gasteiger partial charge < -0.3 is 9.64 Å². The van der Waals surface area contributed by atoms with Crippen LogP contribution in [0.2, 0.25) is 0 Å². The van der Waals surface area contributed by atoms with Gasteiger partial charge in [-0.3, -0.25) is 9.59 Å². The third kappa shape index (κ3) is 4.21. The fourth-order valence-corrected chi connectivity index (χ4v) is 3.25. The first-order chi connectivity index (χ1) is 12.8. The van der Waals surface area contributed by atoms with Gasteiger partial charge in [0.2, 0.25) is 0 Å². The first kappa shape index (κ1) is 19.2. The first-order valence-electron chi connectivity index (χ1n) is 9.47. The zero-order chi connectivity index (χ0) is 19.6. The van der Waals surface area contributed by atoms with E-state index in [1.54, 1.807) is 11.0 Å². The highest BCUT2D eigenvalue weighted by atomic mass is 16.5. The van der Waals surface area contributed by atoms with Gasteiger partial charge in [0.05, 0.1) is 17.9 Å². The second kappa shape index (κ2) is 7.55. The second-order valence-electron chi connectivity index (χ2n) is 8.14. The van der Waals surface area contributed by atoms with Crippen LogP contribution in [-0.4, -0.2) is 24.8 Å². The van der Waals surface area contributed by atoms with Crippen LogP contribution < -0.4 is 9.64 Å². The zero-order valence-corrected chi connectivity index (χ0v) is 16.5. The third-order valence-corrected chi connectivity index (χ3v) is 4.89. The van der Waals surface area contributed by atoms with Crippen molar-refractivity contribution >= 4 is 17.4 Å². The summed E-state index contributed by atoms with van der Waals surface area (Å²) in [6.07, 6.45) is 1.60. The van der Waals surface area contributed by atoms with Gasteiger partial charge in [0, 0.05) is 6.54 Å². The predicted molar refractivity (Wildman–Crippen MR) is 108 cm³/mol. The predicted octanol–water partition coefficient (Wildman–Crippen LogP) is 4.68. The summed E-state index contributed by atoms with van der Waals surface area (Å²) in [7, 11) is 0. The topological polar surface area (TPSA) is 46.6 Å². The summed E-state index contributed by atoms with van der Waals surface area (Å²) in [5, 5.41) is 0. The maximum Gasteiger partial charge on any atom is 0.299 e. The molecule has 0 aliphatic carbocycles. The Bertz CT molecular complexity index is 847. The summed E-state index contributed by atoms with van der Waals surface area (Å²) in [6, 6.07) is 13.8. The average Bonchev–Trinajstić information content (AvgIpc) is 2.85. The number of hydrogen-bond acceptors (Lipinski definition) is 3. The van der Waals surface area contributed by atoms with Crippen LogP contribution in [0.25, 0.3) is 0 Å². The molecule has 0 N–H and O–H groups in total. The van der Waals surface area contributed by atoms with Crippen LogP contribution in [0, 0.1) is 6.92 Å². The summed E-state index contributed by atoms with van der Waals surface area (Å²) < 4.78 is 5.80. The smallest absolute Gasteiger partial charge is 0.299 e. The van der Waals surface area contributed by atoms with E-state index in [9.17, 15) is 9.59 Å². The molecule has 1 aliphatic heterocycles. The molecule has 1 heterocycles. The molecule has 0 saturated carbocycles. The molecule has 1 aliphatic rings. The van der Waals surface area contributed by atoms with Gasteiger partial charge in [-0.15, -0.1) is 0 Å². The first-order valence-corrected chi connectivity index (χ1v) is 9.47. The number of carbonyl (C=O) groups is 2. The molecular weight excluding hydrogens is 338 g/mol. The lowest BCUT2D eigenvalue weighted by Gasteiger charge is -2.19. The molecule has 1 amide bonds. The number of aryl methyl sites for hydroxylation is 1. The van der Waals surface area contributed by atoms with Crippen molar-refractivity contribution in [2.24, 2.45) is 0 Å². The quantitative estimate of drug-likeness (QED) is 0.551. The standard InChI is InChI=1S/C23H27NO3/c1-16-7-12-20-19(15-16)21(25)22(26)24(20)13-5-6-14-27-18-10-8-17(9-11-18)23(2,3)4/h7-12,15H,5-6,13-14H2,1-4H3. The van der Waals surface area contributed by atoms with Gasteiger partial charge >= 0.3 is 0 Å². The number of fused-ring (bicyclic) bond motifs is 1. The van der Waals surface area contributed by atoms with E-state index in [1.807, 2.05) is 31.2 Å². The van der Waals surface area contributed by atoms with Gasteiger partial charge in [0.15, 0.2) is 0 Å². The van der Waals surface area contributed by atoms with Gasteiger partial charge in [0.1, 0.15) is 5.75 Å². The molecule has 2 aromatic rings. The Balaban J connectivity index is 1.48. The van der Waals surface area contributed by atoms with E-state index < -0.39 is 11.7 Å². The number of ketones is 1.